The van der Waals surface area contributed by atoms with Gasteiger partial charge in [0.15, 0.2) is 0 Å². The van der Waals surface area contributed by atoms with Crippen molar-refractivity contribution in [2.24, 2.45) is 0 Å². The number of nitrogens with zero attached hydrogens (tertiary/aromatic N) is 3. The summed E-state index contributed by atoms with van der Waals surface area (Å²) in [5, 5.41) is 3.65. The molecule has 5 nitrogen and oxygen atoms in total. The highest BCUT2D eigenvalue weighted by molar-refractivity contribution is 7.89. The molecule has 0 amide bonds. The lowest BCUT2D eigenvalue weighted by molar-refractivity contribution is 0.579. The number of hydrogen-bond acceptors (Lipinski definition) is 4. The molecule has 0 aliphatic rings. The monoisotopic (exact) mass is 251 g/mol. The molecule has 0 aliphatic heterocycles. The van der Waals surface area contributed by atoms with Crippen molar-refractivity contribution < 1.29 is 8.42 Å². The number of aromatic nitrogens is 3. The van der Waals surface area contributed by atoms with Gasteiger partial charge in [-0.25, -0.2) is 13.4 Å². The maximum absolute atomic E-state index is 11.9. The van der Waals surface area contributed by atoms with Crippen molar-refractivity contribution in [1.29, 1.82) is 0 Å². The van der Waals surface area contributed by atoms with E-state index in [1.165, 1.54) is 12.7 Å². The number of rotatable bonds is 3. The fourth-order valence-corrected chi connectivity index (χ4v) is 2.87. The van der Waals surface area contributed by atoms with Crippen LogP contribution in [0.5, 0.6) is 0 Å². The van der Waals surface area contributed by atoms with Gasteiger partial charge in [0.05, 0.1) is 5.75 Å². The van der Waals surface area contributed by atoms with E-state index in [9.17, 15) is 8.42 Å². The molecule has 0 saturated carbocycles. The molecular weight excluding hydrogens is 238 g/mol. The number of aryl methyl sites for hydroxylation is 2. The molecule has 0 radical (unpaired) electrons. The first-order chi connectivity index (χ1) is 7.97. The van der Waals surface area contributed by atoms with E-state index in [0.717, 1.165) is 20.8 Å². The fourth-order valence-electron chi connectivity index (χ4n) is 1.77. The summed E-state index contributed by atoms with van der Waals surface area (Å²) in [4.78, 5) is 3.64. The van der Waals surface area contributed by atoms with Crippen LogP contribution in [-0.4, -0.2) is 22.6 Å². The molecule has 6 heteroatoms. The minimum Gasteiger partial charge on any atom is -0.222 e. The van der Waals surface area contributed by atoms with E-state index < -0.39 is 10.0 Å². The maximum Gasteiger partial charge on any atom is 0.259 e. The third kappa shape index (κ3) is 2.71. The molecule has 1 heterocycles. The van der Waals surface area contributed by atoms with E-state index in [0.29, 0.717) is 0 Å². The molecule has 0 saturated heterocycles. The average molecular weight is 251 g/mol. The second-order valence-corrected chi connectivity index (χ2v) is 5.85. The van der Waals surface area contributed by atoms with Crippen molar-refractivity contribution in [2.45, 2.75) is 19.6 Å². The SMILES string of the molecule is Cc1cc(C)cc(CS(=O)(=O)n2cncn2)c1. The van der Waals surface area contributed by atoms with E-state index in [1.807, 2.05) is 32.0 Å². The minimum absolute atomic E-state index is 0.0706. The van der Waals surface area contributed by atoms with Crippen molar-refractivity contribution in [1.82, 2.24) is 14.2 Å². The van der Waals surface area contributed by atoms with Crippen molar-refractivity contribution in [3.63, 3.8) is 0 Å². The van der Waals surface area contributed by atoms with Crippen LogP contribution in [0.4, 0.5) is 0 Å². The van der Waals surface area contributed by atoms with Crippen LogP contribution in [0.1, 0.15) is 16.7 Å². The van der Waals surface area contributed by atoms with Crippen LogP contribution in [0.3, 0.4) is 0 Å². The van der Waals surface area contributed by atoms with Crippen LogP contribution in [0.25, 0.3) is 0 Å². The third-order valence-electron chi connectivity index (χ3n) is 2.31. The Morgan fingerprint density at radius 1 is 1.18 bits per heavy atom. The first-order valence-electron chi connectivity index (χ1n) is 5.12. The van der Waals surface area contributed by atoms with Gasteiger partial charge in [0.25, 0.3) is 10.0 Å². The summed E-state index contributed by atoms with van der Waals surface area (Å²) in [6.45, 7) is 3.89. The van der Waals surface area contributed by atoms with Crippen LogP contribution in [0, 0.1) is 13.8 Å². The third-order valence-corrected chi connectivity index (χ3v) is 3.77. The van der Waals surface area contributed by atoms with Crippen LogP contribution in [0.15, 0.2) is 30.9 Å². The van der Waals surface area contributed by atoms with E-state index >= 15 is 0 Å². The molecular formula is C11H13N3O2S. The molecule has 0 atom stereocenters. The van der Waals surface area contributed by atoms with Crippen molar-refractivity contribution in [2.75, 3.05) is 0 Å². The Kier molecular flexibility index (Phi) is 2.97. The van der Waals surface area contributed by atoms with Gasteiger partial charge >= 0.3 is 0 Å². The highest BCUT2D eigenvalue weighted by Crippen LogP contribution is 2.12. The minimum atomic E-state index is -3.46. The summed E-state index contributed by atoms with van der Waals surface area (Å²) >= 11 is 0. The Balaban J connectivity index is 2.33. The molecule has 0 bridgehead atoms. The predicted octanol–water partition coefficient (Wildman–Crippen LogP) is 1.27. The maximum atomic E-state index is 11.9. The van der Waals surface area contributed by atoms with Gasteiger partial charge in [-0.1, -0.05) is 29.3 Å². The Bertz CT molecular complexity index is 598. The van der Waals surface area contributed by atoms with Crippen LogP contribution >= 0.6 is 0 Å². The largest absolute Gasteiger partial charge is 0.259 e. The molecule has 2 rings (SSSR count). The van der Waals surface area contributed by atoms with Crippen LogP contribution in [0.2, 0.25) is 0 Å². The van der Waals surface area contributed by atoms with Gasteiger partial charge in [-0.2, -0.15) is 0 Å². The Labute approximate surface area is 100 Å². The van der Waals surface area contributed by atoms with Gasteiger partial charge in [-0.3, -0.25) is 0 Å². The molecule has 0 spiro atoms. The highest BCUT2D eigenvalue weighted by Gasteiger charge is 2.15. The molecule has 90 valence electrons. The molecule has 0 unspecified atom stereocenters. The molecule has 2 aromatic rings. The molecule has 0 fully saturated rings. The van der Waals surface area contributed by atoms with Gasteiger partial charge in [-0.15, -0.1) is 9.19 Å². The standard InChI is InChI=1S/C11H13N3O2S/c1-9-3-10(2)5-11(4-9)6-17(15,16)14-8-12-7-13-14/h3-5,7-8H,6H2,1-2H3. The number of benzene rings is 1. The van der Waals surface area contributed by atoms with Crippen LogP contribution < -0.4 is 0 Å². The van der Waals surface area contributed by atoms with Gasteiger partial charge in [0.1, 0.15) is 12.7 Å². The molecule has 17 heavy (non-hydrogen) atoms. The Hall–Kier alpha value is -1.69. The summed E-state index contributed by atoms with van der Waals surface area (Å²) in [6, 6.07) is 5.73. The lowest BCUT2D eigenvalue weighted by Crippen LogP contribution is -2.15. The van der Waals surface area contributed by atoms with E-state index in [2.05, 4.69) is 10.1 Å². The lowest BCUT2D eigenvalue weighted by atomic mass is 10.1. The zero-order valence-electron chi connectivity index (χ0n) is 9.66. The van der Waals surface area contributed by atoms with Crippen molar-refractivity contribution in [3.05, 3.63) is 47.5 Å². The first-order valence-corrected chi connectivity index (χ1v) is 6.73. The molecule has 1 aromatic heterocycles. The zero-order valence-corrected chi connectivity index (χ0v) is 10.5. The smallest absolute Gasteiger partial charge is 0.222 e. The molecule has 0 aliphatic carbocycles. The first kappa shape index (κ1) is 11.8. The van der Waals surface area contributed by atoms with Gasteiger partial charge in [0.2, 0.25) is 0 Å². The van der Waals surface area contributed by atoms with E-state index in [-0.39, 0.29) is 5.75 Å². The second-order valence-electron chi connectivity index (χ2n) is 4.02. The normalized spacial score (nSPS) is 11.6. The van der Waals surface area contributed by atoms with E-state index in [1.54, 1.807) is 0 Å². The quantitative estimate of drug-likeness (QED) is 0.824. The van der Waals surface area contributed by atoms with Crippen LogP contribution in [-0.2, 0) is 15.8 Å². The predicted molar refractivity (Wildman–Crippen MR) is 64.0 cm³/mol. The average Bonchev–Trinajstić information content (AvgIpc) is 2.67. The van der Waals surface area contributed by atoms with Gasteiger partial charge in [0, 0.05) is 0 Å². The second kappa shape index (κ2) is 4.29. The summed E-state index contributed by atoms with van der Waals surface area (Å²) in [7, 11) is -3.46. The summed E-state index contributed by atoms with van der Waals surface area (Å²) in [5.41, 5.74) is 2.86. The highest BCUT2D eigenvalue weighted by atomic mass is 32.2. The van der Waals surface area contributed by atoms with Gasteiger partial charge < -0.3 is 0 Å². The van der Waals surface area contributed by atoms with Gasteiger partial charge in [-0.05, 0) is 19.4 Å². The van der Waals surface area contributed by atoms with Crippen molar-refractivity contribution in [3.8, 4) is 0 Å². The fraction of sp³-hybridized carbons (Fsp3) is 0.273. The summed E-state index contributed by atoms with van der Waals surface area (Å²) in [5.74, 6) is -0.0706. The number of hydrogen-bond donors (Lipinski definition) is 0. The zero-order chi connectivity index (χ0) is 12.5. The summed E-state index contributed by atoms with van der Waals surface area (Å²) in [6.07, 6.45) is 2.40. The summed E-state index contributed by atoms with van der Waals surface area (Å²) < 4.78 is 24.8. The Morgan fingerprint density at radius 3 is 2.35 bits per heavy atom. The molecule has 0 N–H and O–H groups in total. The van der Waals surface area contributed by atoms with Crippen molar-refractivity contribution >= 4 is 10.0 Å². The Morgan fingerprint density at radius 2 is 1.82 bits per heavy atom. The topological polar surface area (TPSA) is 64.8 Å². The van der Waals surface area contributed by atoms with E-state index in [4.69, 9.17) is 0 Å². The molecule has 1 aromatic carbocycles. The lowest BCUT2D eigenvalue weighted by Gasteiger charge is -2.06.